The second-order valence-corrected chi connectivity index (χ2v) is 4.94. The molecule has 0 amide bonds. The Hall–Kier alpha value is -1.14. The van der Waals surface area contributed by atoms with Gasteiger partial charge in [0.05, 0.1) is 11.0 Å². The summed E-state index contributed by atoms with van der Waals surface area (Å²) in [6.07, 6.45) is 1.44. The van der Waals surface area contributed by atoms with E-state index in [2.05, 4.69) is 15.9 Å². The van der Waals surface area contributed by atoms with E-state index < -0.39 is 11.0 Å². The molecule has 1 aromatic carbocycles. The molecule has 0 spiro atoms. The zero-order valence-electron chi connectivity index (χ0n) is 9.01. The fourth-order valence-corrected chi connectivity index (χ4v) is 2.29. The maximum absolute atomic E-state index is 10.9. The molecule has 1 fully saturated rings. The summed E-state index contributed by atoms with van der Waals surface area (Å²) in [5, 5.41) is 20.5. The quantitative estimate of drug-likeness (QED) is 0.688. The van der Waals surface area contributed by atoms with Crippen molar-refractivity contribution in [1.29, 1.82) is 0 Å². The Bertz CT molecular complexity index is 437. The van der Waals surface area contributed by atoms with Crippen molar-refractivity contribution in [1.82, 2.24) is 0 Å². The van der Waals surface area contributed by atoms with Crippen molar-refractivity contribution >= 4 is 21.6 Å². The molecule has 5 nitrogen and oxygen atoms in total. The van der Waals surface area contributed by atoms with Crippen LogP contribution < -0.4 is 4.74 Å². The molecular formula is C11H12BrNO4. The molecule has 1 aliphatic rings. The lowest BCUT2D eigenvalue weighted by Crippen LogP contribution is -2.25. The zero-order chi connectivity index (χ0) is 12.4. The Labute approximate surface area is 107 Å². The number of hydrogen-bond acceptors (Lipinski definition) is 4. The third-order valence-corrected chi connectivity index (χ3v) is 3.31. The number of rotatable bonds is 3. The maximum Gasteiger partial charge on any atom is 0.312 e. The first-order valence-electron chi connectivity index (χ1n) is 5.36. The van der Waals surface area contributed by atoms with Crippen LogP contribution in [0.4, 0.5) is 5.69 Å². The minimum atomic E-state index is -0.529. The highest BCUT2D eigenvalue weighted by molar-refractivity contribution is 9.10. The van der Waals surface area contributed by atoms with Gasteiger partial charge >= 0.3 is 5.69 Å². The second kappa shape index (κ2) is 5.01. The first kappa shape index (κ1) is 12.3. The number of halogens is 1. The topological polar surface area (TPSA) is 72.6 Å². The number of ether oxygens (including phenoxy) is 1. The van der Waals surface area contributed by atoms with Crippen molar-refractivity contribution in [2.45, 2.75) is 31.5 Å². The molecule has 0 aromatic heterocycles. The van der Waals surface area contributed by atoms with Crippen LogP contribution >= 0.6 is 15.9 Å². The number of aliphatic hydroxyl groups excluding tert-OH is 1. The van der Waals surface area contributed by atoms with Crippen LogP contribution in [-0.2, 0) is 0 Å². The van der Waals surface area contributed by atoms with Gasteiger partial charge in [0.1, 0.15) is 6.10 Å². The summed E-state index contributed by atoms with van der Waals surface area (Å²) in [6, 6.07) is 4.63. The van der Waals surface area contributed by atoms with Crippen LogP contribution in [0.5, 0.6) is 5.75 Å². The lowest BCUT2D eigenvalue weighted by atomic mass is 10.2. The summed E-state index contributed by atoms with van der Waals surface area (Å²) >= 11 is 3.18. The van der Waals surface area contributed by atoms with Gasteiger partial charge in [0, 0.05) is 10.5 Å². The molecule has 2 atom stereocenters. The summed E-state index contributed by atoms with van der Waals surface area (Å²) in [5.74, 6) is 0.212. The van der Waals surface area contributed by atoms with Crippen molar-refractivity contribution < 1.29 is 14.8 Å². The van der Waals surface area contributed by atoms with Gasteiger partial charge in [0.15, 0.2) is 5.75 Å². The Balaban J connectivity index is 2.22. The molecule has 0 aliphatic heterocycles. The van der Waals surface area contributed by atoms with Crippen LogP contribution in [0.25, 0.3) is 0 Å². The number of hydrogen-bond donors (Lipinski definition) is 1. The zero-order valence-corrected chi connectivity index (χ0v) is 10.6. The van der Waals surface area contributed by atoms with Crippen molar-refractivity contribution in [2.24, 2.45) is 0 Å². The van der Waals surface area contributed by atoms with E-state index in [0.717, 1.165) is 12.8 Å². The van der Waals surface area contributed by atoms with Crippen LogP contribution in [0.1, 0.15) is 19.3 Å². The summed E-state index contributed by atoms with van der Waals surface area (Å²) in [4.78, 5) is 10.4. The Morgan fingerprint density at radius 3 is 2.82 bits per heavy atom. The van der Waals surface area contributed by atoms with Crippen LogP contribution in [0.15, 0.2) is 22.7 Å². The van der Waals surface area contributed by atoms with E-state index in [4.69, 9.17) is 4.74 Å². The highest BCUT2D eigenvalue weighted by Gasteiger charge is 2.29. The molecule has 17 heavy (non-hydrogen) atoms. The predicted octanol–water partition coefficient (Wildman–Crippen LogP) is 2.65. The first-order valence-corrected chi connectivity index (χ1v) is 6.16. The molecule has 0 radical (unpaired) electrons. The third-order valence-electron chi connectivity index (χ3n) is 2.81. The van der Waals surface area contributed by atoms with Gasteiger partial charge in [-0.05, 0) is 31.4 Å². The van der Waals surface area contributed by atoms with E-state index in [1.165, 1.54) is 6.07 Å². The Morgan fingerprint density at radius 1 is 1.47 bits per heavy atom. The van der Waals surface area contributed by atoms with Crippen LogP contribution in [-0.4, -0.2) is 22.2 Å². The van der Waals surface area contributed by atoms with Gasteiger partial charge in [-0.25, -0.2) is 0 Å². The van der Waals surface area contributed by atoms with Gasteiger partial charge in [-0.3, -0.25) is 10.1 Å². The van der Waals surface area contributed by atoms with E-state index in [0.29, 0.717) is 10.9 Å². The number of nitro groups is 1. The fraction of sp³-hybridized carbons (Fsp3) is 0.455. The minimum Gasteiger partial charge on any atom is -0.481 e. The van der Waals surface area contributed by atoms with Crippen LogP contribution in [0.3, 0.4) is 0 Å². The average molecular weight is 302 g/mol. The molecule has 92 valence electrons. The Morgan fingerprint density at radius 2 is 2.24 bits per heavy atom. The van der Waals surface area contributed by atoms with Gasteiger partial charge < -0.3 is 9.84 Å². The fourth-order valence-electron chi connectivity index (χ4n) is 1.94. The van der Waals surface area contributed by atoms with Crippen molar-refractivity contribution in [3.05, 3.63) is 32.8 Å². The van der Waals surface area contributed by atoms with Crippen molar-refractivity contribution in [2.75, 3.05) is 0 Å². The molecule has 0 unspecified atom stereocenters. The van der Waals surface area contributed by atoms with E-state index in [9.17, 15) is 15.2 Å². The monoisotopic (exact) mass is 301 g/mol. The maximum atomic E-state index is 10.9. The van der Waals surface area contributed by atoms with Gasteiger partial charge in [-0.15, -0.1) is 0 Å². The second-order valence-electron chi connectivity index (χ2n) is 4.02. The molecule has 1 saturated carbocycles. The highest BCUT2D eigenvalue weighted by Crippen LogP contribution is 2.33. The van der Waals surface area contributed by atoms with Crippen molar-refractivity contribution in [3.63, 3.8) is 0 Å². The minimum absolute atomic E-state index is 0.0847. The number of nitrogens with zero attached hydrogens (tertiary/aromatic N) is 1. The van der Waals surface area contributed by atoms with E-state index >= 15 is 0 Å². The van der Waals surface area contributed by atoms with Crippen LogP contribution in [0.2, 0.25) is 0 Å². The van der Waals surface area contributed by atoms with E-state index in [-0.39, 0.29) is 17.5 Å². The molecule has 0 bridgehead atoms. The normalized spacial score (nSPS) is 23.6. The molecule has 6 heteroatoms. The smallest absolute Gasteiger partial charge is 0.312 e. The Kier molecular flexibility index (Phi) is 3.63. The number of aliphatic hydroxyl groups is 1. The molecule has 0 saturated heterocycles. The van der Waals surface area contributed by atoms with E-state index in [1.54, 1.807) is 12.1 Å². The standard InChI is InChI=1S/C11H12BrNO4/c12-7-4-5-10(8(6-7)13(15)16)17-11-3-1-2-9(11)14/h4-6,9,11,14H,1-3H2/t9-,11-/m0/s1. The summed E-state index contributed by atoms with van der Waals surface area (Å²) < 4.78 is 6.15. The average Bonchev–Trinajstić information content (AvgIpc) is 2.67. The molecule has 1 aromatic rings. The lowest BCUT2D eigenvalue weighted by Gasteiger charge is -2.16. The van der Waals surface area contributed by atoms with Crippen LogP contribution in [0, 0.1) is 10.1 Å². The molecule has 1 aliphatic carbocycles. The van der Waals surface area contributed by atoms with Gasteiger partial charge in [-0.1, -0.05) is 15.9 Å². The highest BCUT2D eigenvalue weighted by atomic mass is 79.9. The lowest BCUT2D eigenvalue weighted by molar-refractivity contribution is -0.386. The molecule has 0 heterocycles. The molecular weight excluding hydrogens is 290 g/mol. The summed E-state index contributed by atoms with van der Waals surface area (Å²) in [6.45, 7) is 0. The SMILES string of the molecule is O=[N+]([O-])c1cc(Br)ccc1O[C@H]1CCC[C@@H]1O. The molecule has 1 N–H and O–H groups in total. The summed E-state index contributed by atoms with van der Waals surface area (Å²) in [7, 11) is 0. The predicted molar refractivity (Wildman–Crippen MR) is 65.1 cm³/mol. The third kappa shape index (κ3) is 2.76. The molecule has 2 rings (SSSR count). The van der Waals surface area contributed by atoms with Gasteiger partial charge in [0.2, 0.25) is 0 Å². The number of nitro benzene ring substituents is 1. The first-order chi connectivity index (χ1) is 8.08. The van der Waals surface area contributed by atoms with E-state index in [1.807, 2.05) is 0 Å². The summed E-state index contributed by atoms with van der Waals surface area (Å²) in [5.41, 5.74) is -0.0847. The van der Waals surface area contributed by atoms with Gasteiger partial charge in [0.25, 0.3) is 0 Å². The van der Waals surface area contributed by atoms with Crippen molar-refractivity contribution in [3.8, 4) is 5.75 Å². The number of benzene rings is 1. The largest absolute Gasteiger partial charge is 0.481 e. The van der Waals surface area contributed by atoms with Gasteiger partial charge in [-0.2, -0.15) is 0 Å².